The summed E-state index contributed by atoms with van der Waals surface area (Å²) in [5.41, 5.74) is 0.963. The molecule has 2 bridgehead atoms. The molecule has 0 spiro atoms. The molecular weight excluding hydrogens is 146 g/mol. The lowest BCUT2D eigenvalue weighted by Crippen LogP contribution is -2.47. The molecule has 1 unspecified atom stereocenters. The molecule has 0 aromatic carbocycles. The predicted molar refractivity (Wildman–Crippen MR) is 52.3 cm³/mol. The van der Waals surface area contributed by atoms with E-state index in [0.717, 1.165) is 0 Å². The Kier molecular flexibility index (Phi) is 1.95. The molecule has 2 rings (SSSR count). The van der Waals surface area contributed by atoms with Gasteiger partial charge in [0.2, 0.25) is 0 Å². The van der Waals surface area contributed by atoms with Crippen LogP contribution in [0.15, 0.2) is 0 Å². The lowest BCUT2D eigenvalue weighted by atomic mass is 9.91. The minimum atomic E-state index is 0.481. The summed E-state index contributed by atoms with van der Waals surface area (Å²) in [6, 6.07) is 0. The van der Waals surface area contributed by atoms with E-state index in [4.69, 9.17) is 0 Å². The molecule has 2 atom stereocenters. The molecule has 0 aromatic rings. The summed E-state index contributed by atoms with van der Waals surface area (Å²) in [6.45, 7) is 4.81. The zero-order valence-corrected chi connectivity index (χ0v) is 8.45. The minimum absolute atomic E-state index is 0.481. The number of hydrogen-bond acceptors (Lipinski definition) is 1. The first-order chi connectivity index (χ1) is 5.62. The summed E-state index contributed by atoms with van der Waals surface area (Å²) in [5, 5.41) is 3.85. The van der Waals surface area contributed by atoms with Crippen LogP contribution in [0.4, 0.5) is 0 Å². The van der Waals surface area contributed by atoms with Gasteiger partial charge < -0.3 is 5.32 Å². The first kappa shape index (κ1) is 8.55. The fraction of sp³-hybridized carbons (Fsp3) is 1.00. The average Bonchev–Trinajstić information content (AvgIpc) is 2.28. The molecule has 2 fully saturated rings. The topological polar surface area (TPSA) is 12.0 Å². The van der Waals surface area contributed by atoms with Gasteiger partial charge in [-0.05, 0) is 39.5 Å². The molecule has 0 radical (unpaired) electrons. The first-order valence-electron chi connectivity index (χ1n) is 5.41. The highest BCUT2D eigenvalue weighted by Crippen LogP contribution is 2.38. The predicted octanol–water partition coefficient (Wildman–Crippen LogP) is 2.85. The second-order valence-electron chi connectivity index (χ2n) is 5.31. The van der Waals surface area contributed by atoms with Gasteiger partial charge in [-0.1, -0.05) is 19.3 Å². The zero-order chi connectivity index (χ0) is 8.66. The second kappa shape index (κ2) is 2.73. The Morgan fingerprint density at radius 1 is 0.750 bits per heavy atom. The molecule has 12 heavy (non-hydrogen) atoms. The van der Waals surface area contributed by atoms with E-state index in [1.807, 2.05) is 0 Å². The Bertz CT molecular complexity index is 152. The Labute approximate surface area is 75.9 Å². The molecule has 1 nitrogen and oxygen atoms in total. The van der Waals surface area contributed by atoms with Crippen molar-refractivity contribution < 1.29 is 0 Å². The summed E-state index contributed by atoms with van der Waals surface area (Å²) in [6.07, 6.45) is 9.88. The molecular formula is C11H21N. The van der Waals surface area contributed by atoms with E-state index in [1.54, 1.807) is 0 Å². The third-order valence-electron chi connectivity index (χ3n) is 3.79. The van der Waals surface area contributed by atoms with Crippen LogP contribution >= 0.6 is 0 Å². The summed E-state index contributed by atoms with van der Waals surface area (Å²) in [5.74, 6) is 0. The SMILES string of the molecule is CC12CCCCC[C@](C)(CC1)N2. The van der Waals surface area contributed by atoms with Crippen molar-refractivity contribution in [3.63, 3.8) is 0 Å². The maximum Gasteiger partial charge on any atom is 0.0159 e. The molecule has 2 saturated heterocycles. The van der Waals surface area contributed by atoms with Crippen LogP contribution in [0.2, 0.25) is 0 Å². The van der Waals surface area contributed by atoms with Crippen LogP contribution in [0.5, 0.6) is 0 Å². The van der Waals surface area contributed by atoms with Gasteiger partial charge in [-0.25, -0.2) is 0 Å². The molecule has 2 aliphatic heterocycles. The van der Waals surface area contributed by atoms with Crippen LogP contribution in [0.1, 0.15) is 58.8 Å². The highest BCUT2D eigenvalue weighted by molar-refractivity contribution is 5.02. The second-order valence-corrected chi connectivity index (χ2v) is 5.31. The van der Waals surface area contributed by atoms with Crippen molar-refractivity contribution in [3.05, 3.63) is 0 Å². The number of rotatable bonds is 0. The Morgan fingerprint density at radius 3 is 1.75 bits per heavy atom. The van der Waals surface area contributed by atoms with Crippen LogP contribution in [-0.2, 0) is 0 Å². The normalized spacial score (nSPS) is 48.5. The molecule has 1 heteroatoms. The van der Waals surface area contributed by atoms with Gasteiger partial charge in [-0.2, -0.15) is 0 Å². The van der Waals surface area contributed by atoms with Gasteiger partial charge in [0, 0.05) is 11.1 Å². The van der Waals surface area contributed by atoms with Gasteiger partial charge in [0.25, 0.3) is 0 Å². The van der Waals surface area contributed by atoms with Gasteiger partial charge >= 0.3 is 0 Å². The van der Waals surface area contributed by atoms with E-state index < -0.39 is 0 Å². The van der Waals surface area contributed by atoms with Crippen molar-refractivity contribution in [2.75, 3.05) is 0 Å². The van der Waals surface area contributed by atoms with Crippen LogP contribution in [-0.4, -0.2) is 11.1 Å². The largest absolute Gasteiger partial charge is 0.306 e. The lowest BCUT2D eigenvalue weighted by Gasteiger charge is -2.34. The number of hydrogen-bond donors (Lipinski definition) is 1. The van der Waals surface area contributed by atoms with Crippen molar-refractivity contribution in [1.29, 1.82) is 0 Å². The fourth-order valence-corrected chi connectivity index (χ4v) is 2.99. The molecule has 2 heterocycles. The van der Waals surface area contributed by atoms with Crippen LogP contribution in [0, 0.1) is 0 Å². The first-order valence-corrected chi connectivity index (χ1v) is 5.41. The maximum absolute atomic E-state index is 3.85. The standard InChI is InChI=1S/C11H21N/c1-10-6-4-3-5-7-11(2,12-10)9-8-10/h12H,3-9H2,1-2H3/t10-,11?/m1/s1. The third-order valence-corrected chi connectivity index (χ3v) is 3.79. The van der Waals surface area contributed by atoms with Gasteiger partial charge in [0.05, 0.1) is 0 Å². The van der Waals surface area contributed by atoms with Gasteiger partial charge in [0.15, 0.2) is 0 Å². The monoisotopic (exact) mass is 167 g/mol. The molecule has 1 N–H and O–H groups in total. The van der Waals surface area contributed by atoms with Crippen molar-refractivity contribution in [3.8, 4) is 0 Å². The van der Waals surface area contributed by atoms with E-state index >= 15 is 0 Å². The highest BCUT2D eigenvalue weighted by Gasteiger charge is 2.41. The van der Waals surface area contributed by atoms with E-state index in [2.05, 4.69) is 19.2 Å². The van der Waals surface area contributed by atoms with Gasteiger partial charge in [0.1, 0.15) is 0 Å². The average molecular weight is 167 g/mol. The molecule has 0 aliphatic carbocycles. The van der Waals surface area contributed by atoms with Crippen molar-refractivity contribution >= 4 is 0 Å². The molecule has 70 valence electrons. The van der Waals surface area contributed by atoms with E-state index in [0.29, 0.717) is 11.1 Å². The quantitative estimate of drug-likeness (QED) is 0.585. The summed E-state index contributed by atoms with van der Waals surface area (Å²) >= 11 is 0. The number of nitrogens with one attached hydrogen (secondary N) is 1. The van der Waals surface area contributed by atoms with Gasteiger partial charge in [-0.3, -0.25) is 0 Å². The fourth-order valence-electron chi connectivity index (χ4n) is 2.99. The van der Waals surface area contributed by atoms with Crippen LogP contribution in [0.3, 0.4) is 0 Å². The van der Waals surface area contributed by atoms with Gasteiger partial charge in [-0.15, -0.1) is 0 Å². The van der Waals surface area contributed by atoms with Crippen molar-refractivity contribution in [1.82, 2.24) is 5.32 Å². The Hall–Kier alpha value is -0.0400. The summed E-state index contributed by atoms with van der Waals surface area (Å²) in [4.78, 5) is 0. The Morgan fingerprint density at radius 2 is 1.25 bits per heavy atom. The van der Waals surface area contributed by atoms with Crippen LogP contribution < -0.4 is 5.32 Å². The molecule has 0 aromatic heterocycles. The summed E-state index contributed by atoms with van der Waals surface area (Å²) in [7, 11) is 0. The number of fused-ring (bicyclic) bond motifs is 2. The van der Waals surface area contributed by atoms with Crippen molar-refractivity contribution in [2.45, 2.75) is 69.9 Å². The molecule has 0 amide bonds. The Balaban J connectivity index is 2.11. The maximum atomic E-state index is 3.85. The van der Waals surface area contributed by atoms with E-state index in [-0.39, 0.29) is 0 Å². The zero-order valence-electron chi connectivity index (χ0n) is 8.45. The van der Waals surface area contributed by atoms with E-state index in [9.17, 15) is 0 Å². The van der Waals surface area contributed by atoms with E-state index in [1.165, 1.54) is 44.9 Å². The summed E-state index contributed by atoms with van der Waals surface area (Å²) < 4.78 is 0. The minimum Gasteiger partial charge on any atom is -0.306 e. The smallest absolute Gasteiger partial charge is 0.0159 e. The lowest BCUT2D eigenvalue weighted by molar-refractivity contribution is 0.264. The molecule has 0 saturated carbocycles. The molecule has 2 aliphatic rings. The third kappa shape index (κ3) is 1.52. The highest BCUT2D eigenvalue weighted by atomic mass is 15.1. The van der Waals surface area contributed by atoms with Crippen LogP contribution in [0.25, 0.3) is 0 Å². The van der Waals surface area contributed by atoms with Crippen molar-refractivity contribution in [2.24, 2.45) is 0 Å².